The molecule has 1 aromatic carbocycles. The summed E-state index contributed by atoms with van der Waals surface area (Å²) in [4.78, 5) is 29.8. The molecule has 1 saturated heterocycles. The van der Waals surface area contributed by atoms with E-state index in [4.69, 9.17) is 4.52 Å². The summed E-state index contributed by atoms with van der Waals surface area (Å²) in [5.74, 6) is 0.934. The van der Waals surface area contributed by atoms with Crippen LogP contribution in [0, 0.1) is 0 Å². The number of rotatable bonds is 3. The summed E-state index contributed by atoms with van der Waals surface area (Å²) in [6, 6.07) is 10.6. The average molecular weight is 351 g/mol. The zero-order valence-corrected chi connectivity index (χ0v) is 14.9. The maximum absolute atomic E-state index is 13.3. The van der Waals surface area contributed by atoms with Crippen LogP contribution >= 0.6 is 0 Å². The van der Waals surface area contributed by atoms with Gasteiger partial charge in [0.05, 0.1) is 11.6 Å². The van der Waals surface area contributed by atoms with Gasteiger partial charge in [-0.25, -0.2) is 0 Å². The van der Waals surface area contributed by atoms with Gasteiger partial charge in [0.15, 0.2) is 0 Å². The molecule has 1 atom stereocenters. The Bertz CT molecular complexity index is 1020. The van der Waals surface area contributed by atoms with E-state index in [1.54, 1.807) is 0 Å². The van der Waals surface area contributed by atoms with Crippen LogP contribution < -0.4 is 5.56 Å². The number of benzene rings is 1. The van der Waals surface area contributed by atoms with Gasteiger partial charge >= 0.3 is 0 Å². The summed E-state index contributed by atoms with van der Waals surface area (Å²) in [7, 11) is 0. The van der Waals surface area contributed by atoms with E-state index in [2.05, 4.69) is 10.1 Å². The van der Waals surface area contributed by atoms with Gasteiger partial charge in [0, 0.05) is 35.5 Å². The second kappa shape index (κ2) is 6.44. The first-order valence-electron chi connectivity index (χ1n) is 8.94. The maximum atomic E-state index is 13.3. The number of likely N-dealkylation sites (tertiary alicyclic amines) is 1. The van der Waals surface area contributed by atoms with E-state index < -0.39 is 0 Å². The Morgan fingerprint density at radius 3 is 2.88 bits per heavy atom. The summed E-state index contributed by atoms with van der Waals surface area (Å²) in [6.07, 6.45) is 1.75. The van der Waals surface area contributed by atoms with Gasteiger partial charge in [-0.15, -0.1) is 0 Å². The highest BCUT2D eigenvalue weighted by molar-refractivity contribution is 6.06. The lowest BCUT2D eigenvalue weighted by Gasteiger charge is -2.23. The largest absolute Gasteiger partial charge is 0.361 e. The standard InChI is InChI=1S/C20H21N3O3/c1-12(2)18-11-16(22-26-18)17-8-5-9-23(17)20(25)14-10-19(24)21-15-7-4-3-6-13(14)15/h3-4,6-7,10-12,17H,5,8-9H2,1-2H3,(H,21,24). The van der Waals surface area contributed by atoms with Gasteiger partial charge in [-0.3, -0.25) is 9.59 Å². The number of H-pyrrole nitrogens is 1. The molecule has 1 fully saturated rings. The highest BCUT2D eigenvalue weighted by Gasteiger charge is 2.33. The highest BCUT2D eigenvalue weighted by atomic mass is 16.5. The van der Waals surface area contributed by atoms with E-state index in [-0.39, 0.29) is 23.4 Å². The summed E-state index contributed by atoms with van der Waals surface area (Å²) in [5.41, 5.74) is 1.62. The van der Waals surface area contributed by atoms with Crippen molar-refractivity contribution in [1.82, 2.24) is 15.0 Å². The number of aromatic nitrogens is 2. The Morgan fingerprint density at radius 2 is 2.12 bits per heavy atom. The van der Waals surface area contributed by atoms with Crippen LogP contribution in [0.5, 0.6) is 0 Å². The molecule has 1 aliphatic heterocycles. The van der Waals surface area contributed by atoms with Gasteiger partial charge in [-0.05, 0) is 18.9 Å². The Labute approximate surface area is 150 Å². The number of carbonyl (C=O) groups excluding carboxylic acids is 1. The number of para-hydroxylation sites is 1. The minimum Gasteiger partial charge on any atom is -0.361 e. The van der Waals surface area contributed by atoms with Crippen LogP contribution in [0.4, 0.5) is 0 Å². The number of carbonyl (C=O) groups is 1. The van der Waals surface area contributed by atoms with Gasteiger partial charge in [0.1, 0.15) is 11.5 Å². The number of hydrogen-bond donors (Lipinski definition) is 1. The van der Waals surface area contributed by atoms with E-state index in [0.717, 1.165) is 29.7 Å². The third-order valence-electron chi connectivity index (χ3n) is 4.95. The van der Waals surface area contributed by atoms with Crippen molar-refractivity contribution in [3.05, 3.63) is 63.8 Å². The molecule has 0 radical (unpaired) electrons. The van der Waals surface area contributed by atoms with Crippen LogP contribution in [0.25, 0.3) is 10.9 Å². The summed E-state index contributed by atoms with van der Waals surface area (Å²) in [6.45, 7) is 4.74. The molecule has 1 aliphatic rings. The topological polar surface area (TPSA) is 79.2 Å². The van der Waals surface area contributed by atoms with E-state index in [1.807, 2.05) is 49.1 Å². The van der Waals surface area contributed by atoms with Crippen molar-refractivity contribution in [2.75, 3.05) is 6.54 Å². The van der Waals surface area contributed by atoms with Crippen LogP contribution in [0.2, 0.25) is 0 Å². The molecule has 2 aromatic heterocycles. The molecule has 0 aliphatic carbocycles. The molecule has 1 unspecified atom stereocenters. The maximum Gasteiger partial charge on any atom is 0.255 e. The van der Waals surface area contributed by atoms with Gasteiger partial charge in [0.25, 0.3) is 5.91 Å². The molecule has 0 spiro atoms. The second-order valence-corrected chi connectivity index (χ2v) is 7.06. The summed E-state index contributed by atoms with van der Waals surface area (Å²) >= 11 is 0. The van der Waals surface area contributed by atoms with Crippen LogP contribution in [0.3, 0.4) is 0 Å². The first-order valence-corrected chi connectivity index (χ1v) is 8.94. The summed E-state index contributed by atoms with van der Waals surface area (Å²) in [5, 5.41) is 4.94. The molecule has 3 heterocycles. The van der Waals surface area contributed by atoms with Crippen molar-refractivity contribution in [3.8, 4) is 0 Å². The monoisotopic (exact) mass is 351 g/mol. The van der Waals surface area contributed by atoms with Crippen molar-refractivity contribution < 1.29 is 9.32 Å². The van der Waals surface area contributed by atoms with Crippen LogP contribution in [0.15, 0.2) is 45.7 Å². The van der Waals surface area contributed by atoms with Crippen molar-refractivity contribution in [2.24, 2.45) is 0 Å². The lowest BCUT2D eigenvalue weighted by molar-refractivity contribution is 0.0732. The van der Waals surface area contributed by atoms with Gasteiger partial charge in [-0.2, -0.15) is 0 Å². The zero-order chi connectivity index (χ0) is 18.3. The molecule has 6 nitrogen and oxygen atoms in total. The fraction of sp³-hybridized carbons (Fsp3) is 0.350. The second-order valence-electron chi connectivity index (χ2n) is 7.06. The molecule has 4 rings (SSSR count). The molecule has 0 saturated carbocycles. The van der Waals surface area contributed by atoms with Gasteiger partial charge < -0.3 is 14.4 Å². The van der Waals surface area contributed by atoms with E-state index in [1.165, 1.54) is 6.07 Å². The lowest BCUT2D eigenvalue weighted by atomic mass is 10.1. The number of amides is 1. The number of pyridine rings is 1. The van der Waals surface area contributed by atoms with Crippen molar-refractivity contribution in [2.45, 2.75) is 38.6 Å². The SMILES string of the molecule is CC(C)c1cc(C2CCCN2C(=O)c2cc(=O)[nH]c3ccccc23)no1. The normalized spacial score (nSPS) is 17.3. The third kappa shape index (κ3) is 2.81. The first kappa shape index (κ1) is 16.6. The van der Waals surface area contributed by atoms with Crippen molar-refractivity contribution >= 4 is 16.8 Å². The summed E-state index contributed by atoms with van der Waals surface area (Å²) < 4.78 is 5.42. The fourth-order valence-corrected chi connectivity index (χ4v) is 3.59. The average Bonchev–Trinajstić information content (AvgIpc) is 3.29. The first-order chi connectivity index (χ1) is 12.5. The minimum atomic E-state index is -0.272. The van der Waals surface area contributed by atoms with Crippen LogP contribution in [-0.2, 0) is 0 Å². The van der Waals surface area contributed by atoms with E-state index >= 15 is 0 Å². The van der Waals surface area contributed by atoms with E-state index in [9.17, 15) is 9.59 Å². The minimum absolute atomic E-state index is 0.114. The number of fused-ring (bicyclic) bond motifs is 1. The molecule has 1 N–H and O–H groups in total. The van der Waals surface area contributed by atoms with E-state index in [0.29, 0.717) is 17.6 Å². The molecule has 26 heavy (non-hydrogen) atoms. The van der Waals surface area contributed by atoms with Crippen molar-refractivity contribution in [1.29, 1.82) is 0 Å². The molecular weight excluding hydrogens is 330 g/mol. The van der Waals surface area contributed by atoms with Crippen LogP contribution in [-0.4, -0.2) is 27.5 Å². The van der Waals surface area contributed by atoms with Gasteiger partial charge in [0.2, 0.25) is 5.56 Å². The van der Waals surface area contributed by atoms with Crippen LogP contribution in [0.1, 0.15) is 60.5 Å². The molecule has 134 valence electrons. The Morgan fingerprint density at radius 1 is 1.31 bits per heavy atom. The fourth-order valence-electron chi connectivity index (χ4n) is 3.59. The Balaban J connectivity index is 1.72. The molecule has 1 amide bonds. The Hall–Kier alpha value is -2.89. The van der Waals surface area contributed by atoms with Gasteiger partial charge in [-0.1, -0.05) is 37.2 Å². The Kier molecular flexibility index (Phi) is 4.11. The predicted molar refractivity (Wildman–Crippen MR) is 98.2 cm³/mol. The quantitative estimate of drug-likeness (QED) is 0.782. The van der Waals surface area contributed by atoms with Crippen molar-refractivity contribution in [3.63, 3.8) is 0 Å². The number of hydrogen-bond acceptors (Lipinski definition) is 4. The smallest absolute Gasteiger partial charge is 0.255 e. The predicted octanol–water partition coefficient (Wildman–Crippen LogP) is 3.62. The molecule has 6 heteroatoms. The highest BCUT2D eigenvalue weighted by Crippen LogP contribution is 2.34. The zero-order valence-electron chi connectivity index (χ0n) is 14.9. The molecule has 3 aromatic rings. The number of nitrogens with zero attached hydrogens (tertiary/aromatic N) is 2. The lowest BCUT2D eigenvalue weighted by Crippen LogP contribution is -2.31. The third-order valence-corrected chi connectivity index (χ3v) is 4.95. The molecular formula is C20H21N3O3. The number of nitrogens with one attached hydrogen (secondary N) is 1. The molecule has 0 bridgehead atoms. The number of aromatic amines is 1.